The van der Waals surface area contributed by atoms with E-state index in [-0.39, 0.29) is 5.41 Å². The van der Waals surface area contributed by atoms with E-state index < -0.39 is 0 Å². The molecule has 2 heteroatoms. The van der Waals surface area contributed by atoms with Gasteiger partial charge in [0.25, 0.3) is 0 Å². The molecule has 0 saturated heterocycles. The Kier molecular flexibility index (Phi) is 8.04. The summed E-state index contributed by atoms with van der Waals surface area (Å²) in [7, 11) is 3.59. The van der Waals surface area contributed by atoms with E-state index in [0.717, 1.165) is 19.1 Å². The molecule has 1 atom stereocenters. The predicted octanol–water partition coefficient (Wildman–Crippen LogP) is 3.75. The second-order valence-electron chi connectivity index (χ2n) is 5.68. The molecule has 0 spiro atoms. The minimum atomic E-state index is 0.201. The van der Waals surface area contributed by atoms with E-state index in [1.165, 1.54) is 19.3 Å². The molecule has 0 amide bonds. The quantitative estimate of drug-likeness (QED) is 0.600. The smallest absolute Gasteiger partial charge is 0.0540 e. The Balaban J connectivity index is 4.62. The van der Waals surface area contributed by atoms with E-state index in [4.69, 9.17) is 9.47 Å². The molecule has 0 aromatic heterocycles. The molecule has 0 aliphatic carbocycles. The van der Waals surface area contributed by atoms with Crippen LogP contribution in [0.3, 0.4) is 0 Å². The van der Waals surface area contributed by atoms with Gasteiger partial charge in [0.05, 0.1) is 13.2 Å². The van der Waals surface area contributed by atoms with E-state index in [2.05, 4.69) is 27.7 Å². The van der Waals surface area contributed by atoms with Crippen LogP contribution in [0.2, 0.25) is 0 Å². The normalized spacial score (nSPS) is 14.4. The van der Waals surface area contributed by atoms with Gasteiger partial charge in [-0.15, -0.1) is 0 Å². The fourth-order valence-electron chi connectivity index (χ4n) is 2.72. The average Bonchev–Trinajstić information content (AvgIpc) is 2.17. The Morgan fingerprint density at radius 2 is 1.44 bits per heavy atom. The van der Waals surface area contributed by atoms with Crippen LogP contribution in [0.4, 0.5) is 0 Å². The molecule has 16 heavy (non-hydrogen) atoms. The van der Waals surface area contributed by atoms with E-state index in [1.54, 1.807) is 14.2 Å². The van der Waals surface area contributed by atoms with Gasteiger partial charge in [0.1, 0.15) is 0 Å². The monoisotopic (exact) mass is 230 g/mol. The summed E-state index contributed by atoms with van der Waals surface area (Å²) >= 11 is 0. The van der Waals surface area contributed by atoms with Crippen molar-refractivity contribution >= 4 is 0 Å². The van der Waals surface area contributed by atoms with Crippen molar-refractivity contribution in [3.05, 3.63) is 0 Å². The standard InChI is InChI=1S/C14H30O2/c1-7-13(4)9-14(10-15-5,11-16-6)8-12(2)3/h12-13H,7-11H2,1-6H3. The lowest BCUT2D eigenvalue weighted by Gasteiger charge is -2.36. The maximum atomic E-state index is 5.43. The van der Waals surface area contributed by atoms with Gasteiger partial charge in [0.15, 0.2) is 0 Å². The number of hydrogen-bond acceptors (Lipinski definition) is 2. The maximum absolute atomic E-state index is 5.43. The molecule has 0 N–H and O–H groups in total. The lowest BCUT2D eigenvalue weighted by atomic mass is 9.74. The zero-order chi connectivity index (χ0) is 12.6. The van der Waals surface area contributed by atoms with Crippen molar-refractivity contribution in [3.8, 4) is 0 Å². The highest BCUT2D eigenvalue weighted by Crippen LogP contribution is 2.35. The Hall–Kier alpha value is -0.0800. The van der Waals surface area contributed by atoms with Gasteiger partial charge in [-0.1, -0.05) is 34.1 Å². The Morgan fingerprint density at radius 1 is 0.938 bits per heavy atom. The van der Waals surface area contributed by atoms with Gasteiger partial charge < -0.3 is 9.47 Å². The molecule has 0 fully saturated rings. The summed E-state index contributed by atoms with van der Waals surface area (Å²) in [6.07, 6.45) is 3.61. The molecule has 0 aromatic rings. The summed E-state index contributed by atoms with van der Waals surface area (Å²) in [5.74, 6) is 1.43. The molecule has 0 radical (unpaired) electrons. The molecule has 2 nitrogen and oxygen atoms in total. The van der Waals surface area contributed by atoms with Gasteiger partial charge in [-0.05, 0) is 24.7 Å². The van der Waals surface area contributed by atoms with Gasteiger partial charge in [-0.25, -0.2) is 0 Å². The zero-order valence-corrected chi connectivity index (χ0v) is 12.0. The molecule has 0 bridgehead atoms. The first kappa shape index (κ1) is 15.9. The van der Waals surface area contributed by atoms with E-state index >= 15 is 0 Å². The Bertz CT molecular complexity index is 160. The van der Waals surface area contributed by atoms with Crippen LogP contribution in [-0.4, -0.2) is 27.4 Å². The lowest BCUT2D eigenvalue weighted by molar-refractivity contribution is -0.0179. The second-order valence-corrected chi connectivity index (χ2v) is 5.68. The number of hydrogen-bond donors (Lipinski definition) is 0. The summed E-state index contributed by atoms with van der Waals surface area (Å²) in [5, 5.41) is 0. The van der Waals surface area contributed by atoms with Crippen molar-refractivity contribution in [2.75, 3.05) is 27.4 Å². The average molecular weight is 230 g/mol. The maximum Gasteiger partial charge on any atom is 0.0540 e. The van der Waals surface area contributed by atoms with Crippen LogP contribution in [0.5, 0.6) is 0 Å². The van der Waals surface area contributed by atoms with Gasteiger partial charge in [0.2, 0.25) is 0 Å². The van der Waals surface area contributed by atoms with E-state index in [0.29, 0.717) is 5.92 Å². The van der Waals surface area contributed by atoms with Crippen molar-refractivity contribution in [2.45, 2.75) is 47.0 Å². The SMILES string of the molecule is CCC(C)CC(COC)(COC)CC(C)C. The summed E-state index contributed by atoms with van der Waals surface area (Å²) in [5.41, 5.74) is 0.201. The van der Waals surface area contributed by atoms with Crippen LogP contribution in [-0.2, 0) is 9.47 Å². The topological polar surface area (TPSA) is 18.5 Å². The van der Waals surface area contributed by atoms with Crippen LogP contribution in [0, 0.1) is 17.3 Å². The molecule has 98 valence electrons. The molecule has 0 rings (SSSR count). The van der Waals surface area contributed by atoms with Crippen molar-refractivity contribution in [1.82, 2.24) is 0 Å². The molecule has 0 aliphatic heterocycles. The highest BCUT2D eigenvalue weighted by atomic mass is 16.5. The fraction of sp³-hybridized carbons (Fsp3) is 1.00. The van der Waals surface area contributed by atoms with Gasteiger partial charge in [0, 0.05) is 19.6 Å². The molecule has 0 aromatic carbocycles. The Morgan fingerprint density at radius 3 is 1.75 bits per heavy atom. The van der Waals surface area contributed by atoms with E-state index in [1.807, 2.05) is 0 Å². The van der Waals surface area contributed by atoms with Crippen molar-refractivity contribution in [1.29, 1.82) is 0 Å². The summed E-state index contributed by atoms with van der Waals surface area (Å²) in [6, 6.07) is 0. The third-order valence-corrected chi connectivity index (χ3v) is 3.22. The van der Waals surface area contributed by atoms with Crippen molar-refractivity contribution in [2.24, 2.45) is 17.3 Å². The zero-order valence-electron chi connectivity index (χ0n) is 12.0. The van der Waals surface area contributed by atoms with Crippen LogP contribution in [0.1, 0.15) is 47.0 Å². The van der Waals surface area contributed by atoms with Crippen molar-refractivity contribution < 1.29 is 9.47 Å². The second kappa shape index (κ2) is 8.08. The number of rotatable bonds is 9. The molecular weight excluding hydrogens is 200 g/mol. The number of methoxy groups -OCH3 is 2. The minimum absolute atomic E-state index is 0.201. The first-order valence-electron chi connectivity index (χ1n) is 6.47. The lowest BCUT2D eigenvalue weighted by Crippen LogP contribution is -2.35. The largest absolute Gasteiger partial charge is 0.384 e. The van der Waals surface area contributed by atoms with Crippen molar-refractivity contribution in [3.63, 3.8) is 0 Å². The molecule has 1 unspecified atom stereocenters. The first-order chi connectivity index (χ1) is 7.49. The third-order valence-electron chi connectivity index (χ3n) is 3.22. The fourth-order valence-corrected chi connectivity index (χ4v) is 2.72. The Labute approximate surface area is 102 Å². The summed E-state index contributed by atoms with van der Waals surface area (Å²) < 4.78 is 10.9. The number of ether oxygens (including phenoxy) is 2. The summed E-state index contributed by atoms with van der Waals surface area (Å²) in [4.78, 5) is 0. The van der Waals surface area contributed by atoms with Crippen LogP contribution < -0.4 is 0 Å². The van der Waals surface area contributed by atoms with Crippen LogP contribution >= 0.6 is 0 Å². The molecule has 0 saturated carbocycles. The van der Waals surface area contributed by atoms with Gasteiger partial charge in [-0.3, -0.25) is 0 Å². The predicted molar refractivity (Wildman–Crippen MR) is 69.7 cm³/mol. The van der Waals surface area contributed by atoms with Crippen LogP contribution in [0.25, 0.3) is 0 Å². The molecular formula is C14H30O2. The summed E-state index contributed by atoms with van der Waals surface area (Å²) in [6.45, 7) is 10.7. The van der Waals surface area contributed by atoms with Crippen LogP contribution in [0.15, 0.2) is 0 Å². The highest BCUT2D eigenvalue weighted by Gasteiger charge is 2.32. The van der Waals surface area contributed by atoms with Gasteiger partial charge in [-0.2, -0.15) is 0 Å². The van der Waals surface area contributed by atoms with E-state index in [9.17, 15) is 0 Å². The molecule has 0 aliphatic rings. The molecule has 0 heterocycles. The highest BCUT2D eigenvalue weighted by molar-refractivity contribution is 4.82. The minimum Gasteiger partial charge on any atom is -0.384 e. The third kappa shape index (κ3) is 5.86. The first-order valence-corrected chi connectivity index (χ1v) is 6.47. The van der Waals surface area contributed by atoms with Gasteiger partial charge >= 0.3 is 0 Å².